The molecule has 1 saturated heterocycles. The third-order valence-electron chi connectivity index (χ3n) is 3.03. The molecule has 0 aromatic rings. The molecule has 0 spiro atoms. The molecule has 14 heavy (non-hydrogen) atoms. The van der Waals surface area contributed by atoms with E-state index in [-0.39, 0.29) is 11.9 Å². The van der Waals surface area contributed by atoms with Crippen molar-refractivity contribution in [2.45, 2.75) is 44.6 Å². The maximum atomic E-state index is 11.2. The maximum absolute atomic E-state index is 11.2. The van der Waals surface area contributed by atoms with Crippen LogP contribution in [0.5, 0.6) is 0 Å². The Morgan fingerprint density at radius 3 is 2.79 bits per heavy atom. The molecule has 2 fully saturated rings. The number of rotatable bonds is 4. The van der Waals surface area contributed by atoms with E-state index in [1.165, 1.54) is 19.3 Å². The average Bonchev–Trinajstić information content (AvgIpc) is 3.02. The van der Waals surface area contributed by atoms with Gasteiger partial charge in [0, 0.05) is 6.04 Å². The number of nitrogens with one attached hydrogen (secondary N) is 1. The second-order valence-corrected chi connectivity index (χ2v) is 4.38. The van der Waals surface area contributed by atoms with Crippen LogP contribution in [0, 0.1) is 5.92 Å². The lowest BCUT2D eigenvalue weighted by Crippen LogP contribution is -2.35. The highest BCUT2D eigenvalue weighted by molar-refractivity contribution is 5.74. The first-order valence-electron chi connectivity index (χ1n) is 5.76. The first-order chi connectivity index (χ1) is 6.86. The first-order valence-corrected chi connectivity index (χ1v) is 5.76. The van der Waals surface area contributed by atoms with Gasteiger partial charge >= 0.3 is 5.97 Å². The molecule has 1 N–H and O–H groups in total. The SMILES string of the molecule is O=C(OCCC1CCCCN1)C1CC1. The van der Waals surface area contributed by atoms with Gasteiger partial charge in [-0.15, -0.1) is 0 Å². The van der Waals surface area contributed by atoms with Crippen molar-refractivity contribution >= 4 is 5.97 Å². The predicted molar refractivity (Wildman–Crippen MR) is 53.9 cm³/mol. The summed E-state index contributed by atoms with van der Waals surface area (Å²) in [6.45, 7) is 1.73. The highest BCUT2D eigenvalue weighted by atomic mass is 16.5. The largest absolute Gasteiger partial charge is 0.465 e. The van der Waals surface area contributed by atoms with Crippen LogP contribution >= 0.6 is 0 Å². The Morgan fingerprint density at radius 2 is 2.14 bits per heavy atom. The minimum absolute atomic E-state index is 0.0285. The molecule has 0 aromatic carbocycles. The maximum Gasteiger partial charge on any atom is 0.308 e. The van der Waals surface area contributed by atoms with Crippen LogP contribution in [0.3, 0.4) is 0 Å². The zero-order chi connectivity index (χ0) is 9.80. The van der Waals surface area contributed by atoms with Gasteiger partial charge in [-0.1, -0.05) is 6.42 Å². The van der Waals surface area contributed by atoms with Gasteiger partial charge in [0.15, 0.2) is 0 Å². The second-order valence-electron chi connectivity index (χ2n) is 4.38. The Bertz CT molecular complexity index is 195. The molecule has 3 nitrogen and oxygen atoms in total. The molecule has 1 aliphatic carbocycles. The molecule has 1 atom stereocenters. The van der Waals surface area contributed by atoms with E-state index in [1.807, 2.05) is 0 Å². The third kappa shape index (κ3) is 2.98. The highest BCUT2D eigenvalue weighted by Gasteiger charge is 2.31. The van der Waals surface area contributed by atoms with E-state index < -0.39 is 0 Å². The van der Waals surface area contributed by atoms with Crippen LogP contribution in [-0.2, 0) is 9.53 Å². The number of hydrogen-bond donors (Lipinski definition) is 1. The van der Waals surface area contributed by atoms with Gasteiger partial charge in [-0.3, -0.25) is 4.79 Å². The first kappa shape index (κ1) is 9.97. The summed E-state index contributed by atoms with van der Waals surface area (Å²) < 4.78 is 5.19. The lowest BCUT2D eigenvalue weighted by molar-refractivity contribution is -0.145. The van der Waals surface area contributed by atoms with E-state index >= 15 is 0 Å². The van der Waals surface area contributed by atoms with Gasteiger partial charge in [-0.25, -0.2) is 0 Å². The summed E-state index contributed by atoms with van der Waals surface area (Å²) in [5.41, 5.74) is 0. The van der Waals surface area contributed by atoms with Crippen LogP contribution in [0.1, 0.15) is 38.5 Å². The van der Waals surface area contributed by atoms with Crippen LogP contribution < -0.4 is 5.32 Å². The Kier molecular flexibility index (Phi) is 3.40. The second kappa shape index (κ2) is 4.78. The summed E-state index contributed by atoms with van der Waals surface area (Å²) in [5.74, 6) is 0.273. The number of carbonyl (C=O) groups is 1. The van der Waals surface area contributed by atoms with E-state index in [4.69, 9.17) is 4.74 Å². The van der Waals surface area contributed by atoms with E-state index in [2.05, 4.69) is 5.32 Å². The van der Waals surface area contributed by atoms with E-state index in [0.717, 1.165) is 25.8 Å². The minimum Gasteiger partial charge on any atom is -0.465 e. The lowest BCUT2D eigenvalue weighted by atomic mass is 10.0. The third-order valence-corrected chi connectivity index (χ3v) is 3.03. The molecule has 0 radical (unpaired) electrons. The number of piperidine rings is 1. The van der Waals surface area contributed by atoms with Crippen molar-refractivity contribution in [2.24, 2.45) is 5.92 Å². The average molecular weight is 197 g/mol. The minimum atomic E-state index is 0.0285. The molecule has 3 heteroatoms. The van der Waals surface area contributed by atoms with E-state index in [1.54, 1.807) is 0 Å². The summed E-state index contributed by atoms with van der Waals surface area (Å²) in [4.78, 5) is 11.2. The van der Waals surface area contributed by atoms with Gasteiger partial charge in [-0.2, -0.15) is 0 Å². The lowest BCUT2D eigenvalue weighted by Gasteiger charge is -2.23. The number of carbonyl (C=O) groups excluding carboxylic acids is 1. The molecule has 0 amide bonds. The quantitative estimate of drug-likeness (QED) is 0.694. The van der Waals surface area contributed by atoms with Crippen molar-refractivity contribution in [2.75, 3.05) is 13.2 Å². The molecular weight excluding hydrogens is 178 g/mol. The molecule has 1 unspecified atom stereocenters. The van der Waals surface area contributed by atoms with Gasteiger partial charge in [0.1, 0.15) is 0 Å². The fraction of sp³-hybridized carbons (Fsp3) is 0.909. The van der Waals surface area contributed by atoms with Gasteiger partial charge in [-0.05, 0) is 38.6 Å². The fourth-order valence-electron chi connectivity index (χ4n) is 1.91. The van der Waals surface area contributed by atoms with Crippen molar-refractivity contribution in [1.82, 2.24) is 5.32 Å². The standard InChI is InChI=1S/C11H19NO2/c13-11(9-4-5-9)14-8-6-10-3-1-2-7-12-10/h9-10,12H,1-8H2. The van der Waals surface area contributed by atoms with Crippen LogP contribution in [0.2, 0.25) is 0 Å². The summed E-state index contributed by atoms with van der Waals surface area (Å²) in [7, 11) is 0. The van der Waals surface area contributed by atoms with Crippen molar-refractivity contribution < 1.29 is 9.53 Å². The van der Waals surface area contributed by atoms with Gasteiger partial charge in [0.05, 0.1) is 12.5 Å². The Balaban J connectivity index is 1.54. The summed E-state index contributed by atoms with van der Waals surface area (Å²) in [5, 5.41) is 3.45. The van der Waals surface area contributed by atoms with Gasteiger partial charge < -0.3 is 10.1 Å². The molecule has 1 heterocycles. The smallest absolute Gasteiger partial charge is 0.308 e. The van der Waals surface area contributed by atoms with Crippen molar-refractivity contribution in [3.63, 3.8) is 0 Å². The van der Waals surface area contributed by atoms with Crippen LogP contribution in [-0.4, -0.2) is 25.2 Å². The summed E-state index contributed by atoms with van der Waals surface area (Å²) >= 11 is 0. The fourth-order valence-corrected chi connectivity index (χ4v) is 1.91. The van der Waals surface area contributed by atoms with Gasteiger partial charge in [0.25, 0.3) is 0 Å². The number of esters is 1. The van der Waals surface area contributed by atoms with Crippen LogP contribution in [0.4, 0.5) is 0 Å². The molecule has 2 aliphatic rings. The molecule has 1 aliphatic heterocycles. The number of ether oxygens (including phenoxy) is 1. The van der Waals surface area contributed by atoms with Crippen LogP contribution in [0.15, 0.2) is 0 Å². The van der Waals surface area contributed by atoms with Crippen molar-refractivity contribution in [3.8, 4) is 0 Å². The molecule has 1 saturated carbocycles. The topological polar surface area (TPSA) is 38.3 Å². The van der Waals surface area contributed by atoms with E-state index in [9.17, 15) is 4.79 Å². The van der Waals surface area contributed by atoms with E-state index in [0.29, 0.717) is 12.6 Å². The molecule has 0 bridgehead atoms. The van der Waals surface area contributed by atoms with Crippen molar-refractivity contribution in [3.05, 3.63) is 0 Å². The molecule has 0 aromatic heterocycles. The van der Waals surface area contributed by atoms with Crippen molar-refractivity contribution in [1.29, 1.82) is 0 Å². The zero-order valence-corrected chi connectivity index (χ0v) is 8.63. The van der Waals surface area contributed by atoms with Gasteiger partial charge in [0.2, 0.25) is 0 Å². The Labute approximate surface area is 85.2 Å². The number of hydrogen-bond acceptors (Lipinski definition) is 3. The normalized spacial score (nSPS) is 27.3. The Hall–Kier alpha value is -0.570. The Morgan fingerprint density at radius 1 is 1.29 bits per heavy atom. The highest BCUT2D eigenvalue weighted by Crippen LogP contribution is 2.30. The zero-order valence-electron chi connectivity index (χ0n) is 8.63. The molecule has 80 valence electrons. The predicted octanol–water partition coefficient (Wildman–Crippen LogP) is 1.47. The summed E-state index contributed by atoms with van der Waals surface area (Å²) in [6.07, 6.45) is 6.91. The molecule has 2 rings (SSSR count). The summed E-state index contributed by atoms with van der Waals surface area (Å²) in [6, 6.07) is 0.579. The monoisotopic (exact) mass is 197 g/mol. The molecular formula is C11H19NO2. The van der Waals surface area contributed by atoms with Crippen LogP contribution in [0.25, 0.3) is 0 Å².